The highest BCUT2D eigenvalue weighted by atomic mass is 35.5. The maximum atomic E-state index is 13.5. The van der Waals surface area contributed by atoms with Gasteiger partial charge in [-0.25, -0.2) is 4.39 Å². The number of nitrogens with one attached hydrogen (secondary N) is 1. The summed E-state index contributed by atoms with van der Waals surface area (Å²) in [6, 6.07) is 8.08. The van der Waals surface area contributed by atoms with Crippen LogP contribution >= 0.6 is 22.9 Å². The first kappa shape index (κ1) is 17.4. The van der Waals surface area contributed by atoms with E-state index in [0.717, 1.165) is 11.3 Å². The third-order valence-corrected chi connectivity index (χ3v) is 4.31. The summed E-state index contributed by atoms with van der Waals surface area (Å²) in [4.78, 5) is 24.4. The molecule has 0 saturated heterocycles. The monoisotopic (exact) mass is 355 g/mol. The van der Waals surface area contributed by atoms with Gasteiger partial charge in [0.1, 0.15) is 5.82 Å². The third kappa shape index (κ3) is 5.65. The highest BCUT2D eigenvalue weighted by Gasteiger charge is 2.14. The second kappa shape index (κ2) is 8.64. The lowest BCUT2D eigenvalue weighted by molar-refractivity contribution is -0.147. The third-order valence-electron chi connectivity index (χ3n) is 3.02. The summed E-state index contributed by atoms with van der Waals surface area (Å²) in [5.74, 6) is -1.67. The number of carbonyl (C=O) groups excluding carboxylic acids is 2. The molecule has 2 aromatic rings. The normalized spacial score (nSPS) is 10.3. The van der Waals surface area contributed by atoms with Crippen LogP contribution in [0.5, 0.6) is 0 Å². The number of carbonyl (C=O) groups is 2. The Morgan fingerprint density at radius 3 is 2.78 bits per heavy atom. The molecule has 23 heavy (non-hydrogen) atoms. The number of thiophene rings is 1. The summed E-state index contributed by atoms with van der Waals surface area (Å²) < 4.78 is 18.4. The number of rotatable bonds is 7. The van der Waals surface area contributed by atoms with E-state index in [1.54, 1.807) is 11.3 Å². The second-order valence-electron chi connectivity index (χ2n) is 4.72. The van der Waals surface area contributed by atoms with Crippen molar-refractivity contribution in [1.82, 2.24) is 5.32 Å². The Hall–Kier alpha value is -1.92. The molecule has 0 bridgehead atoms. The van der Waals surface area contributed by atoms with E-state index in [9.17, 15) is 14.0 Å². The number of ether oxygens (including phenoxy) is 1. The molecule has 7 heteroatoms. The van der Waals surface area contributed by atoms with Crippen molar-refractivity contribution in [3.63, 3.8) is 0 Å². The van der Waals surface area contributed by atoms with Crippen LogP contribution in [-0.2, 0) is 27.2 Å². The van der Waals surface area contributed by atoms with Gasteiger partial charge in [-0.15, -0.1) is 11.3 Å². The quantitative estimate of drug-likeness (QED) is 0.777. The standard InChI is InChI=1S/C16H15ClFNO3S/c17-13-4-1-5-14(18)12(13)9-16(21)22-10-15(20)19-7-6-11-3-2-8-23-11/h1-5,8H,6-7,9-10H2,(H,19,20). The Morgan fingerprint density at radius 1 is 1.26 bits per heavy atom. The number of hydrogen-bond acceptors (Lipinski definition) is 4. The Morgan fingerprint density at radius 2 is 2.09 bits per heavy atom. The molecule has 0 unspecified atom stereocenters. The highest BCUT2D eigenvalue weighted by molar-refractivity contribution is 7.09. The molecule has 4 nitrogen and oxygen atoms in total. The zero-order valence-corrected chi connectivity index (χ0v) is 13.8. The molecule has 0 aliphatic rings. The van der Waals surface area contributed by atoms with E-state index < -0.39 is 24.3 Å². The summed E-state index contributed by atoms with van der Waals surface area (Å²) in [6.45, 7) is 0.0748. The van der Waals surface area contributed by atoms with Crippen molar-refractivity contribution in [2.45, 2.75) is 12.8 Å². The molecule has 0 spiro atoms. The first-order chi connectivity index (χ1) is 11.1. The van der Waals surface area contributed by atoms with Crippen molar-refractivity contribution < 1.29 is 18.7 Å². The average Bonchev–Trinajstić information content (AvgIpc) is 3.02. The first-order valence-electron chi connectivity index (χ1n) is 6.94. The minimum Gasteiger partial charge on any atom is -0.455 e. The summed E-state index contributed by atoms with van der Waals surface area (Å²) in [5.41, 5.74) is 0.0669. The van der Waals surface area contributed by atoms with Gasteiger partial charge in [-0.2, -0.15) is 0 Å². The fourth-order valence-corrected chi connectivity index (χ4v) is 2.81. The van der Waals surface area contributed by atoms with Crippen LogP contribution in [0.2, 0.25) is 5.02 Å². The molecule has 1 heterocycles. The van der Waals surface area contributed by atoms with E-state index >= 15 is 0 Å². The molecule has 0 radical (unpaired) electrons. The van der Waals surface area contributed by atoms with E-state index in [-0.39, 0.29) is 17.0 Å². The molecule has 0 atom stereocenters. The van der Waals surface area contributed by atoms with Crippen molar-refractivity contribution in [1.29, 1.82) is 0 Å². The van der Waals surface area contributed by atoms with Crippen LogP contribution < -0.4 is 5.32 Å². The molecule has 1 N–H and O–H groups in total. The molecule has 1 aromatic carbocycles. The molecule has 2 rings (SSSR count). The van der Waals surface area contributed by atoms with E-state index in [1.165, 1.54) is 18.2 Å². The van der Waals surface area contributed by atoms with Crippen LogP contribution in [0.1, 0.15) is 10.4 Å². The van der Waals surface area contributed by atoms with Crippen LogP contribution in [0.15, 0.2) is 35.7 Å². The Bertz CT molecular complexity index is 656. The molecular weight excluding hydrogens is 341 g/mol. The van der Waals surface area contributed by atoms with E-state index in [2.05, 4.69) is 5.32 Å². The molecule has 0 fully saturated rings. The lowest BCUT2D eigenvalue weighted by Gasteiger charge is -2.07. The zero-order chi connectivity index (χ0) is 16.7. The SMILES string of the molecule is O=C(COC(=O)Cc1c(F)cccc1Cl)NCCc1cccs1. The molecule has 0 aliphatic carbocycles. The Kier molecular flexibility index (Phi) is 6.55. The van der Waals surface area contributed by atoms with Crippen LogP contribution in [0.3, 0.4) is 0 Å². The van der Waals surface area contributed by atoms with Gasteiger partial charge in [-0.3, -0.25) is 9.59 Å². The number of esters is 1. The van der Waals surface area contributed by atoms with Crippen LogP contribution in [0.25, 0.3) is 0 Å². The van der Waals surface area contributed by atoms with E-state index in [4.69, 9.17) is 16.3 Å². The van der Waals surface area contributed by atoms with Crippen molar-refractivity contribution in [3.05, 3.63) is 57.0 Å². The topological polar surface area (TPSA) is 55.4 Å². The maximum Gasteiger partial charge on any atom is 0.310 e. The van der Waals surface area contributed by atoms with E-state index in [0.29, 0.717) is 6.54 Å². The van der Waals surface area contributed by atoms with Crippen LogP contribution in [0, 0.1) is 5.82 Å². The van der Waals surface area contributed by atoms with Crippen molar-refractivity contribution in [2.75, 3.05) is 13.2 Å². The minimum absolute atomic E-state index is 0.0669. The predicted octanol–water partition coefficient (Wildman–Crippen LogP) is 2.99. The van der Waals surface area contributed by atoms with Gasteiger partial charge < -0.3 is 10.1 Å². The fourth-order valence-electron chi connectivity index (χ4n) is 1.87. The molecule has 1 amide bonds. The Labute approximate surface area is 142 Å². The number of hydrogen-bond donors (Lipinski definition) is 1. The van der Waals surface area contributed by atoms with Crippen molar-refractivity contribution in [3.8, 4) is 0 Å². The van der Waals surface area contributed by atoms with E-state index in [1.807, 2.05) is 17.5 Å². The van der Waals surface area contributed by atoms with Gasteiger partial charge in [-0.1, -0.05) is 23.7 Å². The lowest BCUT2D eigenvalue weighted by Crippen LogP contribution is -2.30. The van der Waals surface area contributed by atoms with Gasteiger partial charge in [0.05, 0.1) is 6.42 Å². The fraction of sp³-hybridized carbons (Fsp3) is 0.250. The molecule has 122 valence electrons. The minimum atomic E-state index is -0.703. The van der Waals surface area contributed by atoms with Gasteiger partial charge in [-0.05, 0) is 30.0 Å². The molecule has 0 saturated carbocycles. The number of benzene rings is 1. The summed E-state index contributed by atoms with van der Waals surface area (Å²) in [7, 11) is 0. The van der Waals surface area contributed by atoms with Crippen molar-refractivity contribution >= 4 is 34.8 Å². The zero-order valence-electron chi connectivity index (χ0n) is 12.2. The number of amides is 1. The second-order valence-corrected chi connectivity index (χ2v) is 6.16. The van der Waals surface area contributed by atoms with Crippen molar-refractivity contribution in [2.24, 2.45) is 0 Å². The number of halogens is 2. The molecule has 1 aromatic heterocycles. The summed E-state index contributed by atoms with van der Waals surface area (Å²) >= 11 is 7.44. The van der Waals surface area contributed by atoms with Crippen LogP contribution in [0.4, 0.5) is 4.39 Å². The van der Waals surface area contributed by atoms with Gasteiger partial charge in [0.15, 0.2) is 6.61 Å². The van der Waals surface area contributed by atoms with Crippen LogP contribution in [-0.4, -0.2) is 25.0 Å². The average molecular weight is 356 g/mol. The molecule has 0 aliphatic heterocycles. The summed E-state index contributed by atoms with van der Waals surface area (Å²) in [5, 5.41) is 4.77. The smallest absolute Gasteiger partial charge is 0.310 e. The molecular formula is C16H15ClFNO3S. The van der Waals surface area contributed by atoms with Gasteiger partial charge >= 0.3 is 5.97 Å². The summed E-state index contributed by atoms with van der Waals surface area (Å²) in [6.07, 6.45) is 0.413. The van der Waals surface area contributed by atoms with Gasteiger partial charge in [0.25, 0.3) is 5.91 Å². The van der Waals surface area contributed by atoms with Gasteiger partial charge in [0.2, 0.25) is 0 Å². The maximum absolute atomic E-state index is 13.5. The predicted molar refractivity (Wildman–Crippen MR) is 87.1 cm³/mol. The highest BCUT2D eigenvalue weighted by Crippen LogP contribution is 2.19. The largest absolute Gasteiger partial charge is 0.455 e. The first-order valence-corrected chi connectivity index (χ1v) is 8.19. The Balaban J connectivity index is 1.70. The lowest BCUT2D eigenvalue weighted by atomic mass is 10.1. The van der Waals surface area contributed by atoms with Gasteiger partial charge in [0, 0.05) is 22.0 Å².